The number of rotatable bonds is 6. The number of nitrogens with zero attached hydrogens (tertiary/aromatic N) is 2. The number of benzene rings is 3. The minimum absolute atomic E-state index is 0.0216. The molecule has 0 saturated carbocycles. The van der Waals surface area contributed by atoms with Crippen molar-refractivity contribution < 1.29 is 9.53 Å². The standard InChI is InChI=1S/C32H33N3O2/c1-22-19-29(9-12-31(22)28-13-14-33-23(2)20-28)34-32(36)24(3)26-5-4-6-27(21-26)25-7-10-30(11-8-25)35-15-17-37-18-16-35/h4-14,19-21,24H,15-18H2,1-3H3,(H,34,36). The molecule has 0 spiro atoms. The van der Waals surface area contributed by atoms with Crippen LogP contribution in [-0.4, -0.2) is 37.2 Å². The Bertz CT molecular complexity index is 1390. The molecule has 5 nitrogen and oxygen atoms in total. The van der Waals surface area contributed by atoms with Crippen molar-refractivity contribution in [1.82, 2.24) is 4.98 Å². The van der Waals surface area contributed by atoms with Gasteiger partial charge in [0.1, 0.15) is 0 Å². The van der Waals surface area contributed by atoms with Gasteiger partial charge in [-0.2, -0.15) is 0 Å². The Labute approximate surface area is 219 Å². The summed E-state index contributed by atoms with van der Waals surface area (Å²) in [5, 5.41) is 3.11. The lowest BCUT2D eigenvalue weighted by Gasteiger charge is -2.29. The summed E-state index contributed by atoms with van der Waals surface area (Å²) in [6.07, 6.45) is 1.83. The molecule has 2 heterocycles. The number of carbonyl (C=O) groups is 1. The maximum absolute atomic E-state index is 13.2. The molecule has 5 rings (SSSR count). The monoisotopic (exact) mass is 491 g/mol. The molecule has 1 aliphatic rings. The summed E-state index contributed by atoms with van der Waals surface area (Å²) in [5.41, 5.74) is 9.64. The Kier molecular flexibility index (Phi) is 7.33. The highest BCUT2D eigenvalue weighted by Gasteiger charge is 2.17. The number of aryl methyl sites for hydroxylation is 2. The van der Waals surface area contributed by atoms with Gasteiger partial charge in [0, 0.05) is 36.4 Å². The van der Waals surface area contributed by atoms with Crippen LogP contribution in [0.3, 0.4) is 0 Å². The molecule has 1 aromatic heterocycles. The van der Waals surface area contributed by atoms with E-state index < -0.39 is 0 Å². The number of carbonyl (C=O) groups excluding carboxylic acids is 1. The van der Waals surface area contributed by atoms with Crippen molar-refractivity contribution in [3.05, 3.63) is 102 Å². The van der Waals surface area contributed by atoms with Crippen LogP contribution in [0.25, 0.3) is 22.3 Å². The molecule has 5 heteroatoms. The van der Waals surface area contributed by atoms with E-state index in [-0.39, 0.29) is 11.8 Å². The fourth-order valence-electron chi connectivity index (χ4n) is 4.85. The van der Waals surface area contributed by atoms with E-state index in [1.54, 1.807) is 0 Å². The van der Waals surface area contributed by atoms with Crippen LogP contribution >= 0.6 is 0 Å². The summed E-state index contributed by atoms with van der Waals surface area (Å²) >= 11 is 0. The van der Waals surface area contributed by atoms with Gasteiger partial charge in [0.25, 0.3) is 0 Å². The number of nitrogens with one attached hydrogen (secondary N) is 1. The average molecular weight is 492 g/mol. The molecule has 1 saturated heterocycles. The quantitative estimate of drug-likeness (QED) is 0.330. The molecular weight excluding hydrogens is 458 g/mol. The molecule has 0 bridgehead atoms. The highest BCUT2D eigenvalue weighted by atomic mass is 16.5. The van der Waals surface area contributed by atoms with Crippen molar-refractivity contribution in [2.24, 2.45) is 0 Å². The highest BCUT2D eigenvalue weighted by Crippen LogP contribution is 2.29. The third-order valence-corrected chi connectivity index (χ3v) is 7.06. The predicted octanol–water partition coefficient (Wildman–Crippen LogP) is 6.61. The molecule has 37 heavy (non-hydrogen) atoms. The van der Waals surface area contributed by atoms with Gasteiger partial charge in [-0.15, -0.1) is 0 Å². The van der Waals surface area contributed by atoms with Crippen LogP contribution in [0.4, 0.5) is 11.4 Å². The minimum atomic E-state index is -0.282. The topological polar surface area (TPSA) is 54.5 Å². The van der Waals surface area contributed by atoms with E-state index in [0.717, 1.165) is 71.1 Å². The van der Waals surface area contributed by atoms with Crippen molar-refractivity contribution in [3.63, 3.8) is 0 Å². The first kappa shape index (κ1) is 24.7. The summed E-state index contributed by atoms with van der Waals surface area (Å²) in [6.45, 7) is 9.41. The van der Waals surface area contributed by atoms with Crippen LogP contribution in [0.5, 0.6) is 0 Å². The number of pyridine rings is 1. The van der Waals surface area contributed by atoms with E-state index in [9.17, 15) is 4.79 Å². The van der Waals surface area contributed by atoms with Crippen molar-refractivity contribution in [2.75, 3.05) is 36.5 Å². The Morgan fingerprint density at radius 2 is 1.68 bits per heavy atom. The van der Waals surface area contributed by atoms with Gasteiger partial charge in [0.15, 0.2) is 0 Å². The van der Waals surface area contributed by atoms with Crippen LogP contribution in [0.2, 0.25) is 0 Å². The van der Waals surface area contributed by atoms with Crippen LogP contribution in [0, 0.1) is 13.8 Å². The maximum Gasteiger partial charge on any atom is 0.231 e. The lowest BCUT2D eigenvalue weighted by atomic mass is 9.95. The van der Waals surface area contributed by atoms with Gasteiger partial charge >= 0.3 is 0 Å². The summed E-state index contributed by atoms with van der Waals surface area (Å²) in [5.74, 6) is -0.304. The van der Waals surface area contributed by atoms with E-state index in [2.05, 4.69) is 70.7 Å². The number of hydrogen-bond donors (Lipinski definition) is 1. The van der Waals surface area contributed by atoms with E-state index in [4.69, 9.17) is 4.74 Å². The van der Waals surface area contributed by atoms with Gasteiger partial charge in [-0.1, -0.05) is 42.5 Å². The van der Waals surface area contributed by atoms with Gasteiger partial charge in [-0.05, 0) is 90.6 Å². The molecule has 1 fully saturated rings. The molecule has 3 aromatic carbocycles. The zero-order valence-corrected chi connectivity index (χ0v) is 21.7. The number of morpholine rings is 1. The first-order valence-electron chi connectivity index (χ1n) is 12.9. The van der Waals surface area contributed by atoms with Gasteiger partial charge in [0.05, 0.1) is 19.1 Å². The molecule has 4 aromatic rings. The van der Waals surface area contributed by atoms with Gasteiger partial charge in [-0.25, -0.2) is 0 Å². The third kappa shape index (κ3) is 5.73. The minimum Gasteiger partial charge on any atom is -0.378 e. The van der Waals surface area contributed by atoms with E-state index in [1.165, 1.54) is 5.69 Å². The number of anilines is 2. The lowest BCUT2D eigenvalue weighted by Crippen LogP contribution is -2.36. The van der Waals surface area contributed by atoms with Crippen LogP contribution in [-0.2, 0) is 9.53 Å². The molecule has 1 unspecified atom stereocenters. The Hall–Kier alpha value is -3.96. The van der Waals surface area contributed by atoms with Crippen molar-refractivity contribution in [3.8, 4) is 22.3 Å². The molecular formula is C32H33N3O2. The molecule has 0 aliphatic carbocycles. The number of ether oxygens (including phenoxy) is 1. The van der Waals surface area contributed by atoms with Crippen molar-refractivity contribution >= 4 is 17.3 Å². The summed E-state index contributed by atoms with van der Waals surface area (Å²) < 4.78 is 5.46. The molecule has 188 valence electrons. The summed E-state index contributed by atoms with van der Waals surface area (Å²) in [4.78, 5) is 19.8. The van der Waals surface area contributed by atoms with Gasteiger partial charge < -0.3 is 15.0 Å². The Morgan fingerprint density at radius 1 is 0.892 bits per heavy atom. The fourth-order valence-corrected chi connectivity index (χ4v) is 4.85. The number of hydrogen-bond acceptors (Lipinski definition) is 4. The molecule has 1 N–H and O–H groups in total. The van der Waals surface area contributed by atoms with Gasteiger partial charge in [-0.3, -0.25) is 9.78 Å². The second-order valence-electron chi connectivity index (χ2n) is 9.70. The number of amides is 1. The zero-order valence-electron chi connectivity index (χ0n) is 21.7. The molecule has 1 amide bonds. The van der Waals surface area contributed by atoms with Crippen molar-refractivity contribution in [1.29, 1.82) is 0 Å². The molecule has 1 atom stereocenters. The maximum atomic E-state index is 13.2. The number of aromatic nitrogens is 1. The van der Waals surface area contributed by atoms with E-state index in [0.29, 0.717) is 0 Å². The van der Waals surface area contributed by atoms with E-state index in [1.807, 2.05) is 50.4 Å². The smallest absolute Gasteiger partial charge is 0.231 e. The van der Waals surface area contributed by atoms with E-state index >= 15 is 0 Å². The molecule has 0 radical (unpaired) electrons. The Balaban J connectivity index is 1.28. The first-order valence-corrected chi connectivity index (χ1v) is 12.9. The highest BCUT2D eigenvalue weighted by molar-refractivity contribution is 5.96. The Morgan fingerprint density at radius 3 is 2.41 bits per heavy atom. The normalized spacial score (nSPS) is 14.3. The largest absolute Gasteiger partial charge is 0.378 e. The zero-order chi connectivity index (χ0) is 25.8. The average Bonchev–Trinajstić information content (AvgIpc) is 2.93. The fraction of sp³-hybridized carbons (Fsp3) is 0.250. The second-order valence-corrected chi connectivity index (χ2v) is 9.70. The van der Waals surface area contributed by atoms with Crippen LogP contribution < -0.4 is 10.2 Å². The molecule has 1 aliphatic heterocycles. The SMILES string of the molecule is Cc1cc(-c2ccc(NC(=O)C(C)c3cccc(-c4ccc(N5CCOCC5)cc4)c3)cc2C)ccn1. The van der Waals surface area contributed by atoms with Gasteiger partial charge in [0.2, 0.25) is 5.91 Å². The van der Waals surface area contributed by atoms with Crippen molar-refractivity contribution in [2.45, 2.75) is 26.7 Å². The predicted molar refractivity (Wildman–Crippen MR) is 151 cm³/mol. The summed E-state index contributed by atoms with van der Waals surface area (Å²) in [7, 11) is 0. The van der Waals surface area contributed by atoms with Crippen LogP contribution in [0.1, 0.15) is 29.7 Å². The van der Waals surface area contributed by atoms with Crippen LogP contribution in [0.15, 0.2) is 85.1 Å². The second kappa shape index (κ2) is 11.0. The third-order valence-electron chi connectivity index (χ3n) is 7.06. The lowest BCUT2D eigenvalue weighted by molar-refractivity contribution is -0.117. The summed E-state index contributed by atoms with van der Waals surface area (Å²) in [6, 6.07) is 27.1. The first-order chi connectivity index (χ1) is 18.0.